The average Bonchev–Trinajstić information content (AvgIpc) is 2.27. The quantitative estimate of drug-likeness (QED) is 0.837. The lowest BCUT2D eigenvalue weighted by atomic mass is 9.59. The van der Waals surface area contributed by atoms with Crippen molar-refractivity contribution in [1.82, 2.24) is 4.90 Å². The molecule has 2 rings (SSSR count). The molecule has 104 valence electrons. The number of carboxylic acids is 1. The summed E-state index contributed by atoms with van der Waals surface area (Å²) in [7, 11) is 2.23. The summed E-state index contributed by atoms with van der Waals surface area (Å²) in [5, 5.41) is 8.78. The second-order valence-corrected chi connectivity index (χ2v) is 6.69. The second-order valence-electron chi connectivity index (χ2n) is 6.69. The van der Waals surface area contributed by atoms with Gasteiger partial charge in [-0.05, 0) is 55.9 Å². The molecular formula is C15H27NO2. The van der Waals surface area contributed by atoms with Crippen LogP contribution in [-0.4, -0.2) is 36.1 Å². The van der Waals surface area contributed by atoms with Crippen molar-refractivity contribution in [2.45, 2.75) is 39.5 Å². The zero-order valence-corrected chi connectivity index (χ0v) is 11.9. The summed E-state index contributed by atoms with van der Waals surface area (Å²) in [5.41, 5.74) is 0. The van der Waals surface area contributed by atoms with Gasteiger partial charge in [-0.2, -0.15) is 0 Å². The van der Waals surface area contributed by atoms with Gasteiger partial charge in [0.05, 0.1) is 0 Å². The largest absolute Gasteiger partial charge is 0.481 e. The van der Waals surface area contributed by atoms with Gasteiger partial charge < -0.3 is 10.0 Å². The summed E-state index contributed by atoms with van der Waals surface area (Å²) in [5.74, 6) is 3.30. The molecule has 1 aliphatic carbocycles. The van der Waals surface area contributed by atoms with Crippen LogP contribution in [0, 0.1) is 29.6 Å². The van der Waals surface area contributed by atoms with Gasteiger partial charge in [0.1, 0.15) is 0 Å². The Morgan fingerprint density at radius 2 is 1.78 bits per heavy atom. The molecule has 1 saturated carbocycles. The molecule has 2 aliphatic rings. The van der Waals surface area contributed by atoms with Gasteiger partial charge >= 0.3 is 5.97 Å². The summed E-state index contributed by atoms with van der Waals surface area (Å²) in [6.07, 6.45) is 3.67. The van der Waals surface area contributed by atoms with Crippen LogP contribution in [0.15, 0.2) is 0 Å². The Bertz CT molecular complexity index is 287. The van der Waals surface area contributed by atoms with E-state index in [0.29, 0.717) is 6.42 Å². The van der Waals surface area contributed by atoms with Gasteiger partial charge in [0.25, 0.3) is 0 Å². The maximum atomic E-state index is 10.7. The number of rotatable bonds is 4. The minimum atomic E-state index is -0.644. The first-order chi connectivity index (χ1) is 8.49. The van der Waals surface area contributed by atoms with E-state index in [9.17, 15) is 4.79 Å². The smallest absolute Gasteiger partial charge is 0.303 e. The van der Waals surface area contributed by atoms with E-state index in [-0.39, 0.29) is 0 Å². The Balaban J connectivity index is 2.00. The third-order valence-electron chi connectivity index (χ3n) is 5.28. The van der Waals surface area contributed by atoms with Crippen LogP contribution in [0.2, 0.25) is 0 Å². The van der Waals surface area contributed by atoms with E-state index in [1.165, 1.54) is 19.5 Å². The first-order valence-corrected chi connectivity index (χ1v) is 7.39. The Hall–Kier alpha value is -0.570. The Kier molecular flexibility index (Phi) is 4.31. The molecule has 0 amide bonds. The van der Waals surface area contributed by atoms with Crippen molar-refractivity contribution >= 4 is 5.97 Å². The fraction of sp³-hybridized carbons (Fsp3) is 0.933. The van der Waals surface area contributed by atoms with Crippen molar-refractivity contribution in [3.63, 3.8) is 0 Å². The van der Waals surface area contributed by atoms with Crippen LogP contribution in [-0.2, 0) is 4.79 Å². The highest BCUT2D eigenvalue weighted by molar-refractivity contribution is 5.66. The molecule has 0 aromatic heterocycles. The molecule has 2 fully saturated rings. The van der Waals surface area contributed by atoms with E-state index in [2.05, 4.69) is 25.8 Å². The number of aliphatic carboxylic acids is 1. The van der Waals surface area contributed by atoms with Gasteiger partial charge in [0.2, 0.25) is 0 Å². The minimum absolute atomic E-state index is 0.342. The molecule has 0 aromatic rings. The number of likely N-dealkylation sites (tertiary alicyclic amines) is 1. The lowest BCUT2D eigenvalue weighted by molar-refractivity contribution is -0.137. The Morgan fingerprint density at radius 1 is 1.22 bits per heavy atom. The maximum Gasteiger partial charge on any atom is 0.303 e. The van der Waals surface area contributed by atoms with Gasteiger partial charge in [0.15, 0.2) is 0 Å². The molecule has 18 heavy (non-hydrogen) atoms. The number of nitrogens with zero attached hydrogens (tertiary/aromatic N) is 1. The molecule has 0 radical (unpaired) electrons. The first kappa shape index (κ1) is 13.9. The Morgan fingerprint density at radius 3 is 2.28 bits per heavy atom. The number of carboxylic acid groups (broad SMARTS) is 1. The van der Waals surface area contributed by atoms with Gasteiger partial charge in [-0.15, -0.1) is 0 Å². The molecule has 3 heteroatoms. The van der Waals surface area contributed by atoms with Crippen LogP contribution in [0.1, 0.15) is 39.5 Å². The summed E-state index contributed by atoms with van der Waals surface area (Å²) in [6, 6.07) is 0. The van der Waals surface area contributed by atoms with E-state index in [1.54, 1.807) is 0 Å². The van der Waals surface area contributed by atoms with Gasteiger partial charge in [-0.1, -0.05) is 13.8 Å². The van der Waals surface area contributed by atoms with E-state index < -0.39 is 5.97 Å². The lowest BCUT2D eigenvalue weighted by Crippen LogP contribution is -2.52. The zero-order valence-electron chi connectivity index (χ0n) is 11.9. The van der Waals surface area contributed by atoms with Crippen LogP contribution in [0.5, 0.6) is 0 Å². The summed E-state index contributed by atoms with van der Waals surface area (Å²) in [4.78, 5) is 13.1. The first-order valence-electron chi connectivity index (χ1n) is 7.39. The van der Waals surface area contributed by atoms with Crippen molar-refractivity contribution in [1.29, 1.82) is 0 Å². The van der Waals surface area contributed by atoms with Gasteiger partial charge in [0, 0.05) is 19.5 Å². The number of fused-ring (bicyclic) bond motifs is 2. The van der Waals surface area contributed by atoms with Gasteiger partial charge in [-0.25, -0.2) is 0 Å². The predicted octanol–water partition coefficient (Wildman–Crippen LogP) is 2.71. The summed E-state index contributed by atoms with van der Waals surface area (Å²) in [6.45, 7) is 7.20. The van der Waals surface area contributed by atoms with Crippen molar-refractivity contribution < 1.29 is 9.90 Å². The highest BCUT2D eigenvalue weighted by Crippen LogP contribution is 2.47. The molecule has 3 nitrogen and oxygen atoms in total. The summed E-state index contributed by atoms with van der Waals surface area (Å²) < 4.78 is 0. The van der Waals surface area contributed by atoms with Crippen molar-refractivity contribution in [2.75, 3.05) is 20.1 Å². The van der Waals surface area contributed by atoms with Crippen molar-refractivity contribution in [2.24, 2.45) is 29.6 Å². The molecule has 1 aliphatic heterocycles. The van der Waals surface area contributed by atoms with Crippen LogP contribution < -0.4 is 0 Å². The molecule has 2 unspecified atom stereocenters. The van der Waals surface area contributed by atoms with Gasteiger partial charge in [-0.3, -0.25) is 4.79 Å². The standard InChI is InChI=1S/C15H27NO2/c1-10-7-11(2)14-9-16(3)8-13(10)12(14)5-4-6-15(17)18/h10-14H,4-9H2,1-3H3,(H,17,18)/t10-,11-,12?,13?,14?/m1/s1. The highest BCUT2D eigenvalue weighted by atomic mass is 16.4. The number of carbonyl (C=O) groups is 1. The molecule has 0 spiro atoms. The molecule has 1 heterocycles. The third kappa shape index (κ3) is 2.87. The van der Waals surface area contributed by atoms with E-state index >= 15 is 0 Å². The summed E-state index contributed by atoms with van der Waals surface area (Å²) >= 11 is 0. The molecule has 1 saturated heterocycles. The third-order valence-corrected chi connectivity index (χ3v) is 5.28. The van der Waals surface area contributed by atoms with E-state index in [4.69, 9.17) is 5.11 Å². The number of hydrogen-bond acceptors (Lipinski definition) is 2. The maximum absolute atomic E-state index is 10.7. The molecule has 0 aromatic carbocycles. The van der Waals surface area contributed by atoms with E-state index in [0.717, 1.165) is 42.4 Å². The SMILES string of the molecule is C[C@@H]1C[C@@H](C)C2CN(C)CC1C2CCCC(=O)O. The van der Waals surface area contributed by atoms with Crippen LogP contribution in [0.25, 0.3) is 0 Å². The number of piperidine rings is 1. The van der Waals surface area contributed by atoms with E-state index in [1.807, 2.05) is 0 Å². The fourth-order valence-electron chi connectivity index (χ4n) is 4.44. The normalized spacial score (nSPS) is 40.7. The monoisotopic (exact) mass is 253 g/mol. The fourth-order valence-corrected chi connectivity index (χ4v) is 4.44. The van der Waals surface area contributed by atoms with Crippen LogP contribution >= 0.6 is 0 Å². The average molecular weight is 253 g/mol. The van der Waals surface area contributed by atoms with Crippen LogP contribution in [0.4, 0.5) is 0 Å². The molecule has 4 atom stereocenters. The Labute approximate surface area is 111 Å². The molecular weight excluding hydrogens is 226 g/mol. The zero-order chi connectivity index (χ0) is 13.3. The topological polar surface area (TPSA) is 40.5 Å². The van der Waals surface area contributed by atoms with Crippen molar-refractivity contribution in [3.8, 4) is 0 Å². The molecule has 1 N–H and O–H groups in total. The predicted molar refractivity (Wildman–Crippen MR) is 72.4 cm³/mol. The lowest BCUT2D eigenvalue weighted by Gasteiger charge is -2.52. The highest BCUT2D eigenvalue weighted by Gasteiger charge is 2.44. The van der Waals surface area contributed by atoms with Crippen molar-refractivity contribution in [3.05, 3.63) is 0 Å². The second kappa shape index (κ2) is 5.60. The molecule has 2 bridgehead atoms. The van der Waals surface area contributed by atoms with Crippen LogP contribution in [0.3, 0.4) is 0 Å². The number of hydrogen-bond donors (Lipinski definition) is 1. The minimum Gasteiger partial charge on any atom is -0.481 e.